The SMILES string of the molecule is CC(C)CCNC(=O)c1cccc(C(=O)Nc2ccccc2OC(C)C)c1. The number of hydrogen-bond acceptors (Lipinski definition) is 3. The molecule has 0 saturated carbocycles. The van der Waals surface area contributed by atoms with Gasteiger partial charge in [-0.15, -0.1) is 0 Å². The minimum absolute atomic E-state index is 0.000847. The van der Waals surface area contributed by atoms with E-state index in [4.69, 9.17) is 4.74 Å². The molecule has 2 rings (SSSR count). The van der Waals surface area contributed by atoms with E-state index in [1.54, 1.807) is 30.3 Å². The maximum Gasteiger partial charge on any atom is 0.255 e. The summed E-state index contributed by atoms with van der Waals surface area (Å²) in [5.41, 5.74) is 1.49. The monoisotopic (exact) mass is 368 g/mol. The highest BCUT2D eigenvalue weighted by Crippen LogP contribution is 2.25. The van der Waals surface area contributed by atoms with E-state index in [2.05, 4.69) is 24.5 Å². The van der Waals surface area contributed by atoms with Crippen LogP contribution < -0.4 is 15.4 Å². The van der Waals surface area contributed by atoms with Gasteiger partial charge in [-0.25, -0.2) is 0 Å². The lowest BCUT2D eigenvalue weighted by atomic mass is 10.1. The topological polar surface area (TPSA) is 67.4 Å². The van der Waals surface area contributed by atoms with Gasteiger partial charge >= 0.3 is 0 Å². The van der Waals surface area contributed by atoms with Crippen LogP contribution in [0.25, 0.3) is 0 Å². The van der Waals surface area contributed by atoms with Crippen LogP contribution in [0.2, 0.25) is 0 Å². The average Bonchev–Trinajstić information content (AvgIpc) is 2.62. The fraction of sp³-hybridized carbons (Fsp3) is 0.364. The Morgan fingerprint density at radius 3 is 2.26 bits per heavy atom. The summed E-state index contributed by atoms with van der Waals surface area (Å²) in [6.07, 6.45) is 0.916. The Morgan fingerprint density at radius 1 is 0.926 bits per heavy atom. The Kier molecular flexibility index (Phi) is 7.41. The lowest BCUT2D eigenvalue weighted by Gasteiger charge is -2.15. The Morgan fingerprint density at radius 2 is 1.59 bits per heavy atom. The molecule has 2 amide bonds. The molecule has 5 heteroatoms. The smallest absolute Gasteiger partial charge is 0.255 e. The number of amides is 2. The zero-order valence-electron chi connectivity index (χ0n) is 16.4. The highest BCUT2D eigenvalue weighted by Gasteiger charge is 2.13. The first kappa shape index (κ1) is 20.5. The maximum atomic E-state index is 12.6. The largest absolute Gasteiger partial charge is 0.489 e. The molecule has 2 aromatic rings. The predicted molar refractivity (Wildman–Crippen MR) is 108 cm³/mol. The molecule has 27 heavy (non-hydrogen) atoms. The number of nitrogens with one attached hydrogen (secondary N) is 2. The van der Waals surface area contributed by atoms with Gasteiger partial charge in [0.2, 0.25) is 0 Å². The van der Waals surface area contributed by atoms with E-state index in [0.717, 1.165) is 6.42 Å². The van der Waals surface area contributed by atoms with Crippen LogP contribution in [0.1, 0.15) is 54.8 Å². The summed E-state index contributed by atoms with van der Waals surface area (Å²) in [5.74, 6) is 0.680. The zero-order valence-corrected chi connectivity index (χ0v) is 16.4. The summed E-state index contributed by atoms with van der Waals surface area (Å²) in [6.45, 7) is 8.70. The minimum atomic E-state index is -0.286. The molecule has 0 atom stereocenters. The Balaban J connectivity index is 2.08. The zero-order chi connectivity index (χ0) is 19.8. The van der Waals surface area contributed by atoms with E-state index < -0.39 is 0 Å². The van der Waals surface area contributed by atoms with Crippen LogP contribution in [-0.2, 0) is 0 Å². The molecule has 0 aliphatic carbocycles. The number of para-hydroxylation sites is 2. The molecule has 0 spiro atoms. The number of anilines is 1. The summed E-state index contributed by atoms with van der Waals surface area (Å²) in [6, 6.07) is 14.0. The van der Waals surface area contributed by atoms with Crippen molar-refractivity contribution < 1.29 is 14.3 Å². The molecular formula is C22H28N2O3. The van der Waals surface area contributed by atoms with Crippen LogP contribution in [0.15, 0.2) is 48.5 Å². The quantitative estimate of drug-likeness (QED) is 0.721. The standard InChI is InChI=1S/C22H28N2O3/c1-15(2)12-13-23-21(25)17-8-7-9-18(14-17)22(26)24-19-10-5-6-11-20(19)27-16(3)4/h5-11,14-16H,12-13H2,1-4H3,(H,23,25)(H,24,26). The Hall–Kier alpha value is -2.82. The second-order valence-electron chi connectivity index (χ2n) is 7.14. The first-order valence-corrected chi connectivity index (χ1v) is 9.32. The third-order valence-corrected chi connectivity index (χ3v) is 3.89. The first-order valence-electron chi connectivity index (χ1n) is 9.32. The van der Waals surface area contributed by atoms with Crippen molar-refractivity contribution in [3.63, 3.8) is 0 Å². The van der Waals surface area contributed by atoms with Gasteiger partial charge in [-0.3, -0.25) is 9.59 Å². The highest BCUT2D eigenvalue weighted by molar-refractivity contribution is 6.06. The van der Waals surface area contributed by atoms with Gasteiger partial charge in [0.15, 0.2) is 0 Å². The molecule has 0 aromatic heterocycles. The molecule has 2 aromatic carbocycles. The van der Waals surface area contributed by atoms with Gasteiger partial charge in [-0.05, 0) is 56.5 Å². The van der Waals surface area contributed by atoms with Gasteiger partial charge in [0.05, 0.1) is 11.8 Å². The molecule has 0 fully saturated rings. The number of hydrogen-bond donors (Lipinski definition) is 2. The van der Waals surface area contributed by atoms with Crippen molar-refractivity contribution in [2.24, 2.45) is 5.92 Å². The molecule has 2 N–H and O–H groups in total. The molecule has 0 radical (unpaired) electrons. The number of benzene rings is 2. The summed E-state index contributed by atoms with van der Waals surface area (Å²) >= 11 is 0. The third-order valence-electron chi connectivity index (χ3n) is 3.89. The summed E-state index contributed by atoms with van der Waals surface area (Å²) in [7, 11) is 0. The Bertz CT molecular complexity index is 785. The van der Waals surface area contributed by atoms with Crippen molar-refractivity contribution >= 4 is 17.5 Å². The minimum Gasteiger partial charge on any atom is -0.489 e. The summed E-state index contributed by atoms with van der Waals surface area (Å²) in [5, 5.41) is 5.75. The average molecular weight is 368 g/mol. The van der Waals surface area contributed by atoms with Crippen molar-refractivity contribution in [3.05, 3.63) is 59.7 Å². The van der Waals surface area contributed by atoms with Crippen molar-refractivity contribution in [2.45, 2.75) is 40.2 Å². The molecule has 0 aliphatic heterocycles. The van der Waals surface area contributed by atoms with Gasteiger partial charge in [-0.2, -0.15) is 0 Å². The van der Waals surface area contributed by atoms with E-state index in [9.17, 15) is 9.59 Å². The van der Waals surface area contributed by atoms with E-state index in [-0.39, 0.29) is 17.9 Å². The first-order chi connectivity index (χ1) is 12.9. The Labute approximate surface area is 161 Å². The fourth-order valence-electron chi connectivity index (χ4n) is 2.50. The molecule has 0 aliphatic rings. The number of carbonyl (C=O) groups is 2. The fourth-order valence-corrected chi connectivity index (χ4v) is 2.50. The van der Waals surface area contributed by atoms with Gasteiger partial charge < -0.3 is 15.4 Å². The van der Waals surface area contributed by atoms with Gasteiger partial charge in [0, 0.05) is 17.7 Å². The van der Waals surface area contributed by atoms with Gasteiger partial charge in [0.25, 0.3) is 11.8 Å². The summed E-state index contributed by atoms with van der Waals surface area (Å²) < 4.78 is 5.73. The third kappa shape index (κ3) is 6.44. The van der Waals surface area contributed by atoms with Crippen molar-refractivity contribution in [2.75, 3.05) is 11.9 Å². The van der Waals surface area contributed by atoms with Gasteiger partial charge in [0.1, 0.15) is 5.75 Å². The van der Waals surface area contributed by atoms with Crippen LogP contribution in [0.4, 0.5) is 5.69 Å². The van der Waals surface area contributed by atoms with Crippen molar-refractivity contribution in [1.29, 1.82) is 0 Å². The van der Waals surface area contributed by atoms with E-state index in [1.165, 1.54) is 0 Å². The summed E-state index contributed by atoms with van der Waals surface area (Å²) in [4.78, 5) is 24.9. The number of carbonyl (C=O) groups excluding carboxylic acids is 2. The van der Waals surface area contributed by atoms with Crippen molar-refractivity contribution in [1.82, 2.24) is 5.32 Å². The highest BCUT2D eigenvalue weighted by atomic mass is 16.5. The molecule has 144 valence electrons. The van der Waals surface area contributed by atoms with Crippen LogP contribution in [0.3, 0.4) is 0 Å². The van der Waals surface area contributed by atoms with E-state index in [1.807, 2.05) is 32.0 Å². The molecule has 5 nitrogen and oxygen atoms in total. The van der Waals surface area contributed by atoms with Crippen LogP contribution in [0, 0.1) is 5.92 Å². The predicted octanol–water partition coefficient (Wildman–Crippen LogP) is 4.50. The second-order valence-corrected chi connectivity index (χ2v) is 7.14. The normalized spacial score (nSPS) is 10.7. The molecule has 0 bridgehead atoms. The number of ether oxygens (including phenoxy) is 1. The van der Waals surface area contributed by atoms with Crippen molar-refractivity contribution in [3.8, 4) is 5.75 Å². The lowest BCUT2D eigenvalue weighted by molar-refractivity contribution is 0.0952. The van der Waals surface area contributed by atoms with Crippen LogP contribution in [0.5, 0.6) is 5.75 Å². The van der Waals surface area contributed by atoms with Crippen LogP contribution in [-0.4, -0.2) is 24.5 Å². The van der Waals surface area contributed by atoms with Gasteiger partial charge in [-0.1, -0.05) is 32.0 Å². The number of rotatable bonds is 8. The molecular weight excluding hydrogens is 340 g/mol. The maximum absolute atomic E-state index is 12.6. The molecule has 0 saturated heterocycles. The second kappa shape index (κ2) is 9.76. The molecule has 0 unspecified atom stereocenters. The van der Waals surface area contributed by atoms with E-state index >= 15 is 0 Å². The molecule has 0 heterocycles. The van der Waals surface area contributed by atoms with Crippen LogP contribution >= 0.6 is 0 Å². The van der Waals surface area contributed by atoms with E-state index in [0.29, 0.717) is 35.0 Å². The lowest BCUT2D eigenvalue weighted by Crippen LogP contribution is -2.25.